The number of hydrogen-bond acceptors (Lipinski definition) is 1. The number of nitrogens with zero attached hydrogens (tertiary/aromatic N) is 1. The summed E-state index contributed by atoms with van der Waals surface area (Å²) in [5.74, 6) is 1.53. The molecular weight excluding hydrogens is 759 g/mol. The van der Waals surface area contributed by atoms with Gasteiger partial charge in [-0.25, -0.2) is 0 Å². The molecule has 5 aliphatic carbocycles. The molecule has 5 unspecified atom stereocenters. The minimum atomic E-state index is 0.321. The average molecular weight is 806 g/mol. The van der Waals surface area contributed by atoms with E-state index in [2.05, 4.69) is 223 Å². The number of anilines is 2. The van der Waals surface area contributed by atoms with Gasteiger partial charge >= 0.3 is 0 Å². The molecule has 8 aromatic carbocycles. The van der Waals surface area contributed by atoms with Crippen LogP contribution in [0, 0.1) is 11.8 Å². The Hall–Kier alpha value is -7.22. The third-order valence-electron chi connectivity index (χ3n) is 14.7. The fourth-order valence-electron chi connectivity index (χ4n) is 11.6. The van der Waals surface area contributed by atoms with Crippen molar-refractivity contribution < 1.29 is 0 Å². The molecular formula is C62H47N. The first-order chi connectivity index (χ1) is 31.2. The molecule has 0 N–H and O–H groups in total. The minimum absolute atomic E-state index is 0.321. The van der Waals surface area contributed by atoms with Gasteiger partial charge in [-0.3, -0.25) is 0 Å². The molecule has 0 spiro atoms. The molecule has 1 saturated carbocycles. The molecule has 300 valence electrons. The van der Waals surface area contributed by atoms with Gasteiger partial charge in [-0.05, 0) is 138 Å². The Morgan fingerprint density at radius 3 is 2.11 bits per heavy atom. The zero-order valence-corrected chi connectivity index (χ0v) is 35.2. The number of rotatable bonds is 7. The first-order valence-electron chi connectivity index (χ1n) is 22.9. The maximum absolute atomic E-state index is 2.67. The Bertz CT molecular complexity index is 3340. The smallest absolute Gasteiger partial charge is 0.0480 e. The van der Waals surface area contributed by atoms with Crippen molar-refractivity contribution in [3.05, 3.63) is 252 Å². The topological polar surface area (TPSA) is 3.24 Å². The number of benzene rings is 8. The van der Waals surface area contributed by atoms with E-state index in [0.29, 0.717) is 29.7 Å². The van der Waals surface area contributed by atoms with E-state index in [-0.39, 0.29) is 0 Å². The van der Waals surface area contributed by atoms with Crippen molar-refractivity contribution in [2.24, 2.45) is 11.8 Å². The Kier molecular flexibility index (Phi) is 8.51. The largest absolute Gasteiger partial charge is 0.337 e. The van der Waals surface area contributed by atoms with Crippen molar-refractivity contribution >= 4 is 54.8 Å². The van der Waals surface area contributed by atoms with Crippen molar-refractivity contribution in [2.75, 3.05) is 4.90 Å². The molecule has 13 rings (SSSR count). The van der Waals surface area contributed by atoms with Gasteiger partial charge in [0, 0.05) is 41.1 Å². The van der Waals surface area contributed by atoms with E-state index >= 15 is 0 Å². The second-order valence-electron chi connectivity index (χ2n) is 18.2. The van der Waals surface area contributed by atoms with Gasteiger partial charge in [0.2, 0.25) is 0 Å². The Balaban J connectivity index is 0.871. The second-order valence-corrected chi connectivity index (χ2v) is 18.2. The van der Waals surface area contributed by atoms with Crippen LogP contribution in [0.15, 0.2) is 218 Å². The standard InChI is InChI=1S/C62H47N/c1-2-13-40(14-3-1)41-27-30-48(31-28-41)63(49-32-34-57-55-23-9-8-21-53(55)54-22-10-11-24-56(54)60(57)39-49)62-58-33-29-44(38-61(58)62)43-25-26-46-36-47(51-19-6-7-20-52(51)59(46)37-43)35-45-17-12-16-42-15-4-5-18-50(42)45/h1-2,4-13,15-34,36-39,54,56,58,61-62H,3,14,35H2. The van der Waals surface area contributed by atoms with E-state index in [1.54, 1.807) is 0 Å². The van der Waals surface area contributed by atoms with Crippen LogP contribution in [-0.2, 0) is 6.42 Å². The molecule has 0 aliphatic heterocycles. The van der Waals surface area contributed by atoms with Crippen LogP contribution in [0.4, 0.5) is 11.4 Å². The molecule has 63 heavy (non-hydrogen) atoms. The molecule has 5 atom stereocenters. The van der Waals surface area contributed by atoms with Crippen molar-refractivity contribution in [1.82, 2.24) is 0 Å². The summed E-state index contributed by atoms with van der Waals surface area (Å²) in [6, 6.07) is 60.2. The van der Waals surface area contributed by atoms with Crippen LogP contribution in [0.1, 0.15) is 58.1 Å². The molecule has 1 nitrogen and oxygen atoms in total. The summed E-state index contributed by atoms with van der Waals surface area (Å²) in [7, 11) is 0. The van der Waals surface area contributed by atoms with Crippen molar-refractivity contribution in [3.8, 4) is 11.1 Å². The van der Waals surface area contributed by atoms with Crippen molar-refractivity contribution in [2.45, 2.75) is 37.1 Å². The lowest BCUT2D eigenvalue weighted by Gasteiger charge is -2.35. The van der Waals surface area contributed by atoms with E-state index < -0.39 is 0 Å². The summed E-state index contributed by atoms with van der Waals surface area (Å²) in [6.07, 6.45) is 26.6. The van der Waals surface area contributed by atoms with Crippen LogP contribution < -0.4 is 4.90 Å². The molecule has 0 radical (unpaired) electrons. The molecule has 0 heterocycles. The van der Waals surface area contributed by atoms with Gasteiger partial charge < -0.3 is 4.90 Å². The Labute approximate surface area is 370 Å². The zero-order chi connectivity index (χ0) is 41.4. The van der Waals surface area contributed by atoms with E-state index in [9.17, 15) is 0 Å². The highest BCUT2D eigenvalue weighted by Gasteiger charge is 2.53. The average Bonchev–Trinajstić information content (AvgIpc) is 4.07. The summed E-state index contributed by atoms with van der Waals surface area (Å²) in [5, 5.41) is 7.91. The normalized spacial score (nSPS) is 21.4. The van der Waals surface area contributed by atoms with Crippen LogP contribution in [0.5, 0.6) is 0 Å². The monoisotopic (exact) mass is 805 g/mol. The molecule has 1 heteroatoms. The van der Waals surface area contributed by atoms with Crippen molar-refractivity contribution in [1.29, 1.82) is 0 Å². The first kappa shape index (κ1) is 36.4. The summed E-state index contributed by atoms with van der Waals surface area (Å²) >= 11 is 0. The molecule has 1 fully saturated rings. The maximum Gasteiger partial charge on any atom is 0.0480 e. The maximum atomic E-state index is 2.67. The molecule has 5 aliphatic rings. The lowest BCUT2D eigenvalue weighted by molar-refractivity contribution is 0.719. The van der Waals surface area contributed by atoms with E-state index in [1.165, 1.54) is 99.3 Å². The van der Waals surface area contributed by atoms with E-state index in [4.69, 9.17) is 0 Å². The second kappa shape index (κ2) is 14.7. The Morgan fingerprint density at radius 1 is 0.492 bits per heavy atom. The van der Waals surface area contributed by atoms with Crippen molar-refractivity contribution in [3.63, 3.8) is 0 Å². The van der Waals surface area contributed by atoms with Crippen LogP contribution in [0.25, 0.3) is 54.6 Å². The Morgan fingerprint density at radius 2 is 1.24 bits per heavy atom. The fraction of sp³-hybridized carbons (Fsp3) is 0.129. The summed E-state index contributed by atoms with van der Waals surface area (Å²) in [5.41, 5.74) is 16.2. The SMILES string of the molecule is C1=CCCC(c2ccc(N(c3ccc4c(c3)C3C=CC=CC3c3ccccc3-4)C3C4C=CC(c5ccc6cc(Cc7cccc8ccccc78)c7ccccc7c6c5)=CC43)cc2)=C1. The molecule has 8 aromatic rings. The predicted octanol–water partition coefficient (Wildman–Crippen LogP) is 15.9. The highest BCUT2D eigenvalue weighted by molar-refractivity contribution is 6.10. The van der Waals surface area contributed by atoms with Crippen LogP contribution in [0.2, 0.25) is 0 Å². The van der Waals surface area contributed by atoms with Gasteiger partial charge in [0.25, 0.3) is 0 Å². The van der Waals surface area contributed by atoms with Crippen LogP contribution >= 0.6 is 0 Å². The first-order valence-corrected chi connectivity index (χ1v) is 22.9. The number of hydrogen-bond donors (Lipinski definition) is 0. The quantitative estimate of drug-likeness (QED) is 0.145. The molecule has 0 saturated heterocycles. The third-order valence-corrected chi connectivity index (χ3v) is 14.7. The zero-order valence-electron chi connectivity index (χ0n) is 35.2. The van der Waals surface area contributed by atoms with Gasteiger partial charge in [-0.15, -0.1) is 0 Å². The van der Waals surface area contributed by atoms with Gasteiger partial charge in [-0.2, -0.15) is 0 Å². The van der Waals surface area contributed by atoms with Gasteiger partial charge in [0.15, 0.2) is 0 Å². The molecule has 0 amide bonds. The highest BCUT2D eigenvalue weighted by Crippen LogP contribution is 2.55. The lowest BCUT2D eigenvalue weighted by atomic mass is 9.70. The summed E-state index contributed by atoms with van der Waals surface area (Å²) in [6.45, 7) is 0. The number of allylic oxidation sites excluding steroid dienone is 10. The summed E-state index contributed by atoms with van der Waals surface area (Å²) < 4.78 is 0. The number of fused-ring (bicyclic) bond motifs is 11. The fourth-order valence-corrected chi connectivity index (χ4v) is 11.6. The van der Waals surface area contributed by atoms with E-state index in [1.807, 2.05) is 0 Å². The van der Waals surface area contributed by atoms with Gasteiger partial charge in [0.05, 0.1) is 0 Å². The highest BCUT2D eigenvalue weighted by atomic mass is 15.2. The minimum Gasteiger partial charge on any atom is -0.337 e. The molecule has 0 aromatic heterocycles. The van der Waals surface area contributed by atoms with Gasteiger partial charge in [-0.1, -0.05) is 188 Å². The van der Waals surface area contributed by atoms with Crippen LogP contribution in [0.3, 0.4) is 0 Å². The van der Waals surface area contributed by atoms with Gasteiger partial charge in [0.1, 0.15) is 0 Å². The summed E-state index contributed by atoms with van der Waals surface area (Å²) in [4.78, 5) is 2.67. The molecule has 0 bridgehead atoms. The lowest BCUT2D eigenvalue weighted by Crippen LogP contribution is -2.23. The third kappa shape index (κ3) is 6.13. The van der Waals surface area contributed by atoms with E-state index in [0.717, 1.165) is 19.3 Å². The predicted molar refractivity (Wildman–Crippen MR) is 267 cm³/mol. The van der Waals surface area contributed by atoms with Crippen LogP contribution in [-0.4, -0.2) is 6.04 Å².